The van der Waals surface area contributed by atoms with Gasteiger partial charge in [-0.15, -0.1) is 0 Å². The average molecular weight is 465 g/mol. The molecule has 0 N–H and O–H groups in total. The first-order valence-corrected chi connectivity index (χ1v) is 11.4. The Balaban J connectivity index is 1.36. The molecule has 0 fully saturated rings. The molecule has 0 spiro atoms. The van der Waals surface area contributed by atoms with E-state index in [1.54, 1.807) is 0 Å². The molecule has 0 aromatic heterocycles. The van der Waals surface area contributed by atoms with Crippen molar-refractivity contribution in [2.24, 2.45) is 0 Å². The monoisotopic (exact) mass is 464 g/mol. The molecule has 0 radical (unpaired) electrons. The zero-order chi connectivity index (χ0) is 24.4. The third-order valence-electron chi connectivity index (χ3n) is 6.23. The zero-order valence-electron chi connectivity index (χ0n) is 19.2. The molecule has 3 heteroatoms. The summed E-state index contributed by atoms with van der Waals surface area (Å²) in [4.78, 5) is 0. The van der Waals surface area contributed by atoms with Crippen LogP contribution in [0.1, 0.15) is 11.1 Å². The van der Waals surface area contributed by atoms with Crippen molar-refractivity contribution in [1.82, 2.24) is 0 Å². The van der Waals surface area contributed by atoms with Gasteiger partial charge in [-0.2, -0.15) is 13.2 Å². The van der Waals surface area contributed by atoms with E-state index in [9.17, 15) is 13.2 Å². The molecule has 0 heterocycles. The van der Waals surface area contributed by atoms with E-state index in [1.807, 2.05) is 30.3 Å². The van der Waals surface area contributed by atoms with Crippen LogP contribution in [0.4, 0.5) is 13.2 Å². The lowest BCUT2D eigenvalue weighted by Gasteiger charge is -2.10. The second kappa shape index (κ2) is 9.27. The third-order valence-corrected chi connectivity index (χ3v) is 6.23. The summed E-state index contributed by atoms with van der Waals surface area (Å²) >= 11 is 0. The van der Waals surface area contributed by atoms with E-state index in [1.165, 1.54) is 28.8 Å². The Hall–Kier alpha value is -4.11. The highest BCUT2D eigenvalue weighted by Gasteiger charge is 2.29. The standard InChI is InChI=1S/C32H23F3/c1-22-5-7-23(8-6-22)24-9-13-27(14-10-24)29-3-2-4-30(21-29)28-15-11-25(12-16-28)26-17-19-31(20-18-26)32(33,34)35/h2-21H,1H3. The van der Waals surface area contributed by atoms with Crippen molar-refractivity contribution in [3.05, 3.63) is 132 Å². The van der Waals surface area contributed by atoms with Gasteiger partial charge >= 0.3 is 6.18 Å². The first-order chi connectivity index (χ1) is 16.9. The molecule has 0 aliphatic heterocycles. The van der Waals surface area contributed by atoms with E-state index in [2.05, 4.69) is 73.7 Å². The Morgan fingerprint density at radius 1 is 0.400 bits per heavy atom. The quantitative estimate of drug-likeness (QED) is 0.248. The van der Waals surface area contributed by atoms with E-state index in [-0.39, 0.29) is 0 Å². The number of hydrogen-bond donors (Lipinski definition) is 0. The normalized spacial score (nSPS) is 11.4. The maximum absolute atomic E-state index is 12.8. The molecule has 172 valence electrons. The van der Waals surface area contributed by atoms with Gasteiger partial charge in [-0.3, -0.25) is 0 Å². The number of rotatable bonds is 4. The van der Waals surface area contributed by atoms with Crippen LogP contribution >= 0.6 is 0 Å². The number of benzene rings is 5. The second-order valence-electron chi connectivity index (χ2n) is 8.68. The molecule has 0 saturated carbocycles. The number of hydrogen-bond acceptors (Lipinski definition) is 0. The van der Waals surface area contributed by atoms with E-state index < -0.39 is 11.7 Å². The fraction of sp³-hybridized carbons (Fsp3) is 0.0625. The predicted octanol–water partition coefficient (Wildman–Crippen LogP) is 9.68. The number of halogens is 3. The highest BCUT2D eigenvalue weighted by atomic mass is 19.4. The summed E-state index contributed by atoms with van der Waals surface area (Å²) in [6.45, 7) is 2.09. The molecule has 0 unspecified atom stereocenters. The van der Waals surface area contributed by atoms with Crippen LogP contribution in [0.5, 0.6) is 0 Å². The molecule has 0 aliphatic rings. The Labute approximate surface area is 203 Å². The minimum atomic E-state index is -4.33. The molecule has 0 atom stereocenters. The predicted molar refractivity (Wildman–Crippen MR) is 138 cm³/mol. The van der Waals surface area contributed by atoms with E-state index in [4.69, 9.17) is 0 Å². The molecule has 5 aromatic carbocycles. The minimum Gasteiger partial charge on any atom is -0.166 e. The van der Waals surface area contributed by atoms with Crippen LogP contribution in [0.15, 0.2) is 121 Å². The summed E-state index contributed by atoms with van der Waals surface area (Å²) in [5.41, 5.74) is 9.04. The van der Waals surface area contributed by atoms with Crippen molar-refractivity contribution >= 4 is 0 Å². The first kappa shape index (κ1) is 22.7. The summed E-state index contributed by atoms with van der Waals surface area (Å²) in [6, 6.07) is 38.6. The molecule has 0 amide bonds. The van der Waals surface area contributed by atoms with Gasteiger partial charge in [0, 0.05) is 0 Å². The molecule has 0 nitrogen and oxygen atoms in total. The molecule has 0 aliphatic carbocycles. The highest BCUT2D eigenvalue weighted by molar-refractivity contribution is 5.76. The smallest absolute Gasteiger partial charge is 0.166 e. The lowest BCUT2D eigenvalue weighted by Crippen LogP contribution is -2.03. The van der Waals surface area contributed by atoms with Crippen molar-refractivity contribution in [2.75, 3.05) is 0 Å². The van der Waals surface area contributed by atoms with Crippen molar-refractivity contribution in [3.63, 3.8) is 0 Å². The third kappa shape index (κ3) is 5.04. The van der Waals surface area contributed by atoms with Crippen LogP contribution in [0.3, 0.4) is 0 Å². The van der Waals surface area contributed by atoms with Gasteiger partial charge in [0.15, 0.2) is 0 Å². The summed E-state index contributed by atoms with van der Waals surface area (Å²) in [7, 11) is 0. The van der Waals surface area contributed by atoms with Gasteiger partial charge in [0.05, 0.1) is 5.56 Å². The molecule has 5 rings (SSSR count). The lowest BCUT2D eigenvalue weighted by atomic mass is 9.96. The maximum atomic E-state index is 12.8. The van der Waals surface area contributed by atoms with Gasteiger partial charge in [0.25, 0.3) is 0 Å². The van der Waals surface area contributed by atoms with Gasteiger partial charge in [-0.25, -0.2) is 0 Å². The molecule has 0 bridgehead atoms. The highest BCUT2D eigenvalue weighted by Crippen LogP contribution is 2.33. The molecule has 5 aromatic rings. The van der Waals surface area contributed by atoms with E-state index in [0.29, 0.717) is 0 Å². The SMILES string of the molecule is Cc1ccc(-c2ccc(-c3cccc(-c4ccc(-c5ccc(C(F)(F)F)cc5)cc4)c3)cc2)cc1. The summed E-state index contributed by atoms with van der Waals surface area (Å²) in [5, 5.41) is 0. The van der Waals surface area contributed by atoms with Crippen LogP contribution in [0.25, 0.3) is 44.5 Å². The molecule has 35 heavy (non-hydrogen) atoms. The minimum absolute atomic E-state index is 0.637. The van der Waals surface area contributed by atoms with E-state index >= 15 is 0 Å². The first-order valence-electron chi connectivity index (χ1n) is 11.4. The van der Waals surface area contributed by atoms with E-state index in [0.717, 1.165) is 45.5 Å². The van der Waals surface area contributed by atoms with Crippen molar-refractivity contribution in [1.29, 1.82) is 0 Å². The summed E-state index contributed by atoms with van der Waals surface area (Å²) < 4.78 is 38.5. The van der Waals surface area contributed by atoms with Crippen LogP contribution in [0, 0.1) is 6.92 Å². The number of aryl methyl sites for hydroxylation is 1. The fourth-order valence-electron chi connectivity index (χ4n) is 4.19. The fourth-order valence-corrected chi connectivity index (χ4v) is 4.19. The number of alkyl halides is 3. The van der Waals surface area contributed by atoms with Gasteiger partial charge < -0.3 is 0 Å². The largest absolute Gasteiger partial charge is 0.416 e. The Morgan fingerprint density at radius 2 is 0.714 bits per heavy atom. The Kier molecular flexibility index (Phi) is 6.00. The second-order valence-corrected chi connectivity index (χ2v) is 8.68. The van der Waals surface area contributed by atoms with Gasteiger partial charge in [0.1, 0.15) is 0 Å². The molecular formula is C32H23F3. The summed E-state index contributed by atoms with van der Waals surface area (Å²) in [6.07, 6.45) is -4.33. The Morgan fingerprint density at radius 3 is 1.09 bits per heavy atom. The van der Waals surface area contributed by atoms with Crippen LogP contribution < -0.4 is 0 Å². The van der Waals surface area contributed by atoms with Crippen molar-refractivity contribution in [3.8, 4) is 44.5 Å². The zero-order valence-corrected chi connectivity index (χ0v) is 19.2. The topological polar surface area (TPSA) is 0 Å². The summed E-state index contributed by atoms with van der Waals surface area (Å²) in [5.74, 6) is 0. The van der Waals surface area contributed by atoms with Crippen molar-refractivity contribution < 1.29 is 13.2 Å². The van der Waals surface area contributed by atoms with Crippen LogP contribution in [-0.2, 0) is 6.18 Å². The lowest BCUT2D eigenvalue weighted by molar-refractivity contribution is -0.137. The van der Waals surface area contributed by atoms with Gasteiger partial charge in [-0.1, -0.05) is 109 Å². The van der Waals surface area contributed by atoms with Gasteiger partial charge in [0.2, 0.25) is 0 Å². The average Bonchev–Trinajstić information content (AvgIpc) is 2.89. The molecule has 0 saturated heterocycles. The molecular weight excluding hydrogens is 441 g/mol. The van der Waals surface area contributed by atoms with Crippen LogP contribution in [0.2, 0.25) is 0 Å². The van der Waals surface area contributed by atoms with Gasteiger partial charge in [-0.05, 0) is 69.6 Å². The van der Waals surface area contributed by atoms with Crippen LogP contribution in [-0.4, -0.2) is 0 Å². The van der Waals surface area contributed by atoms with Crippen molar-refractivity contribution in [2.45, 2.75) is 13.1 Å². The maximum Gasteiger partial charge on any atom is 0.416 e. The Bertz CT molecular complexity index is 1430.